The SMILES string of the molecule is NC(=O)NC1(c2ccccc2)CCNCC1. The molecule has 4 heteroatoms. The van der Waals surface area contributed by atoms with Gasteiger partial charge in [-0.15, -0.1) is 0 Å². The molecule has 0 bridgehead atoms. The van der Waals surface area contributed by atoms with Gasteiger partial charge in [-0.05, 0) is 31.5 Å². The molecule has 2 rings (SSSR count). The fraction of sp³-hybridized carbons (Fsp3) is 0.417. The maximum Gasteiger partial charge on any atom is 0.312 e. The Kier molecular flexibility index (Phi) is 3.10. The van der Waals surface area contributed by atoms with Crippen LogP contribution in [-0.4, -0.2) is 19.1 Å². The van der Waals surface area contributed by atoms with Crippen molar-refractivity contribution in [1.82, 2.24) is 10.6 Å². The lowest BCUT2D eigenvalue weighted by molar-refractivity contribution is 0.214. The predicted molar refractivity (Wildman–Crippen MR) is 62.9 cm³/mol. The lowest BCUT2D eigenvalue weighted by Gasteiger charge is -2.38. The fourth-order valence-electron chi connectivity index (χ4n) is 2.33. The number of piperidine rings is 1. The van der Waals surface area contributed by atoms with Gasteiger partial charge in [0.1, 0.15) is 0 Å². The number of rotatable bonds is 2. The Balaban J connectivity index is 2.29. The van der Waals surface area contributed by atoms with E-state index in [1.54, 1.807) is 0 Å². The Morgan fingerprint density at radius 2 is 1.88 bits per heavy atom. The highest BCUT2D eigenvalue weighted by Crippen LogP contribution is 2.30. The van der Waals surface area contributed by atoms with Gasteiger partial charge in [0, 0.05) is 0 Å². The van der Waals surface area contributed by atoms with Crippen molar-refractivity contribution in [2.24, 2.45) is 5.73 Å². The number of urea groups is 1. The van der Waals surface area contributed by atoms with Crippen LogP contribution in [0.5, 0.6) is 0 Å². The normalized spacial score (nSPS) is 19.0. The van der Waals surface area contributed by atoms with Crippen molar-refractivity contribution in [2.75, 3.05) is 13.1 Å². The molecule has 2 amide bonds. The highest BCUT2D eigenvalue weighted by atomic mass is 16.2. The van der Waals surface area contributed by atoms with Gasteiger partial charge in [-0.1, -0.05) is 30.3 Å². The minimum atomic E-state index is -0.453. The van der Waals surface area contributed by atoms with Crippen LogP contribution in [0.2, 0.25) is 0 Å². The molecule has 4 nitrogen and oxygen atoms in total. The Labute approximate surface area is 95.2 Å². The monoisotopic (exact) mass is 219 g/mol. The molecule has 1 aromatic carbocycles. The van der Waals surface area contributed by atoms with Crippen LogP contribution < -0.4 is 16.4 Å². The van der Waals surface area contributed by atoms with Gasteiger partial charge in [-0.3, -0.25) is 0 Å². The summed E-state index contributed by atoms with van der Waals surface area (Å²) in [6.45, 7) is 1.80. The first-order chi connectivity index (χ1) is 7.73. The first kappa shape index (κ1) is 11.0. The van der Waals surface area contributed by atoms with Crippen LogP contribution in [0, 0.1) is 0 Å². The first-order valence-corrected chi connectivity index (χ1v) is 5.57. The maximum atomic E-state index is 11.1. The highest BCUT2D eigenvalue weighted by molar-refractivity contribution is 5.73. The summed E-state index contributed by atoms with van der Waals surface area (Å²) >= 11 is 0. The second-order valence-electron chi connectivity index (χ2n) is 4.19. The van der Waals surface area contributed by atoms with Crippen LogP contribution >= 0.6 is 0 Å². The van der Waals surface area contributed by atoms with Crippen molar-refractivity contribution in [3.05, 3.63) is 35.9 Å². The maximum absolute atomic E-state index is 11.1. The van der Waals surface area contributed by atoms with E-state index in [4.69, 9.17) is 5.73 Å². The number of primary amides is 1. The minimum Gasteiger partial charge on any atom is -0.352 e. The minimum absolute atomic E-state index is 0.293. The molecule has 86 valence electrons. The van der Waals surface area contributed by atoms with Gasteiger partial charge >= 0.3 is 6.03 Å². The van der Waals surface area contributed by atoms with E-state index in [1.807, 2.05) is 30.3 Å². The summed E-state index contributed by atoms with van der Waals surface area (Å²) in [5, 5.41) is 6.20. The Hall–Kier alpha value is -1.55. The number of benzene rings is 1. The molecule has 1 aromatic rings. The van der Waals surface area contributed by atoms with E-state index >= 15 is 0 Å². The number of carbonyl (C=O) groups is 1. The number of hydrogen-bond acceptors (Lipinski definition) is 2. The van der Waals surface area contributed by atoms with Crippen LogP contribution in [0.1, 0.15) is 18.4 Å². The third-order valence-electron chi connectivity index (χ3n) is 3.15. The zero-order chi connectivity index (χ0) is 11.4. The van der Waals surface area contributed by atoms with E-state index in [0.717, 1.165) is 31.5 Å². The molecule has 0 unspecified atom stereocenters. The third-order valence-corrected chi connectivity index (χ3v) is 3.15. The van der Waals surface area contributed by atoms with Gasteiger partial charge < -0.3 is 16.4 Å². The topological polar surface area (TPSA) is 67.2 Å². The zero-order valence-electron chi connectivity index (χ0n) is 9.20. The Morgan fingerprint density at radius 3 is 2.44 bits per heavy atom. The van der Waals surface area contributed by atoms with Crippen LogP contribution in [0.4, 0.5) is 4.79 Å². The fourth-order valence-corrected chi connectivity index (χ4v) is 2.33. The summed E-state index contributed by atoms with van der Waals surface area (Å²) in [5.41, 5.74) is 6.12. The molecular weight excluding hydrogens is 202 g/mol. The molecular formula is C12H17N3O. The van der Waals surface area contributed by atoms with Gasteiger partial charge in [0.2, 0.25) is 0 Å². The molecule has 1 fully saturated rings. The molecule has 0 spiro atoms. The Bertz CT molecular complexity index is 358. The summed E-state index contributed by atoms with van der Waals surface area (Å²) in [7, 11) is 0. The van der Waals surface area contributed by atoms with Gasteiger partial charge in [-0.25, -0.2) is 4.79 Å². The molecule has 0 radical (unpaired) electrons. The largest absolute Gasteiger partial charge is 0.352 e. The third kappa shape index (κ3) is 2.17. The van der Waals surface area contributed by atoms with Crippen molar-refractivity contribution in [3.63, 3.8) is 0 Å². The van der Waals surface area contributed by atoms with Crippen molar-refractivity contribution in [2.45, 2.75) is 18.4 Å². The van der Waals surface area contributed by atoms with E-state index in [9.17, 15) is 4.79 Å². The van der Waals surface area contributed by atoms with E-state index in [0.29, 0.717) is 0 Å². The van der Waals surface area contributed by atoms with Crippen LogP contribution in [0.25, 0.3) is 0 Å². The summed E-state index contributed by atoms with van der Waals surface area (Å²) in [6.07, 6.45) is 1.75. The van der Waals surface area contributed by atoms with Crippen molar-refractivity contribution < 1.29 is 4.79 Å². The van der Waals surface area contributed by atoms with Crippen LogP contribution in [0.15, 0.2) is 30.3 Å². The number of nitrogens with two attached hydrogens (primary N) is 1. The lowest BCUT2D eigenvalue weighted by Crippen LogP contribution is -2.53. The van der Waals surface area contributed by atoms with E-state index in [1.165, 1.54) is 0 Å². The van der Waals surface area contributed by atoms with Crippen molar-refractivity contribution >= 4 is 6.03 Å². The number of carbonyl (C=O) groups excluding carboxylic acids is 1. The van der Waals surface area contributed by atoms with Gasteiger partial charge in [0.15, 0.2) is 0 Å². The second kappa shape index (κ2) is 4.53. The molecule has 1 aliphatic rings. The lowest BCUT2D eigenvalue weighted by atomic mass is 9.81. The molecule has 0 atom stereocenters. The summed E-state index contributed by atoms with van der Waals surface area (Å²) in [5.74, 6) is 0. The van der Waals surface area contributed by atoms with Gasteiger partial charge in [0.25, 0.3) is 0 Å². The molecule has 1 aliphatic heterocycles. The molecule has 0 aromatic heterocycles. The van der Waals surface area contributed by atoms with Gasteiger partial charge in [-0.2, -0.15) is 0 Å². The highest BCUT2D eigenvalue weighted by Gasteiger charge is 2.34. The summed E-state index contributed by atoms with van der Waals surface area (Å²) < 4.78 is 0. The molecule has 1 saturated heterocycles. The van der Waals surface area contributed by atoms with E-state index in [-0.39, 0.29) is 5.54 Å². The molecule has 16 heavy (non-hydrogen) atoms. The number of nitrogens with one attached hydrogen (secondary N) is 2. The van der Waals surface area contributed by atoms with Crippen molar-refractivity contribution in [3.8, 4) is 0 Å². The summed E-state index contributed by atoms with van der Waals surface area (Å²) in [6, 6.07) is 9.58. The number of amides is 2. The number of hydrogen-bond donors (Lipinski definition) is 3. The average molecular weight is 219 g/mol. The molecule has 1 heterocycles. The zero-order valence-corrected chi connectivity index (χ0v) is 9.20. The summed E-state index contributed by atoms with van der Waals surface area (Å²) in [4.78, 5) is 11.1. The smallest absolute Gasteiger partial charge is 0.312 e. The van der Waals surface area contributed by atoms with E-state index in [2.05, 4.69) is 10.6 Å². The quantitative estimate of drug-likeness (QED) is 0.692. The average Bonchev–Trinajstić information content (AvgIpc) is 2.30. The molecule has 0 aliphatic carbocycles. The van der Waals surface area contributed by atoms with Crippen LogP contribution in [0.3, 0.4) is 0 Å². The van der Waals surface area contributed by atoms with Crippen LogP contribution in [-0.2, 0) is 5.54 Å². The van der Waals surface area contributed by atoms with Crippen molar-refractivity contribution in [1.29, 1.82) is 0 Å². The standard InChI is InChI=1S/C12H17N3O/c13-11(16)15-12(6-8-14-9-7-12)10-4-2-1-3-5-10/h1-5,14H,6-9H2,(H3,13,15,16). The van der Waals surface area contributed by atoms with E-state index < -0.39 is 6.03 Å². The molecule has 0 saturated carbocycles. The first-order valence-electron chi connectivity index (χ1n) is 5.57. The molecule has 4 N–H and O–H groups in total. The second-order valence-corrected chi connectivity index (χ2v) is 4.19. The van der Waals surface area contributed by atoms with Gasteiger partial charge in [0.05, 0.1) is 5.54 Å². The predicted octanol–water partition coefficient (Wildman–Crippen LogP) is 0.934. The Morgan fingerprint density at radius 1 is 1.25 bits per heavy atom.